The zero-order valence-electron chi connectivity index (χ0n) is 12.2. The molecule has 110 valence electrons. The van der Waals surface area contributed by atoms with Crippen LogP contribution in [-0.2, 0) is 9.59 Å². The predicted octanol–water partition coefficient (Wildman–Crippen LogP) is 2.92. The van der Waals surface area contributed by atoms with E-state index in [1.165, 1.54) is 30.6 Å². The first-order chi connectivity index (χ1) is 9.04. The van der Waals surface area contributed by atoms with Gasteiger partial charge in [-0.3, -0.25) is 9.59 Å². The maximum Gasteiger partial charge on any atom is 0.323 e. The number of carboxylic acid groups (broad SMARTS) is 1. The van der Waals surface area contributed by atoms with E-state index >= 15 is 0 Å². The van der Waals surface area contributed by atoms with E-state index in [4.69, 9.17) is 5.11 Å². The Morgan fingerprint density at radius 1 is 1.16 bits per heavy atom. The van der Waals surface area contributed by atoms with Crippen LogP contribution in [0.5, 0.6) is 0 Å². The fourth-order valence-corrected chi connectivity index (χ4v) is 2.97. The highest BCUT2D eigenvalue weighted by Gasteiger charge is 2.28. The SMILES string of the molecule is CCCCCC1CCC(C(=O)N(C)CC(=O)O)CC1. The molecule has 0 aliphatic heterocycles. The van der Waals surface area contributed by atoms with Crippen molar-refractivity contribution in [3.8, 4) is 0 Å². The number of amides is 1. The Kier molecular flexibility index (Phi) is 6.89. The molecule has 1 rings (SSSR count). The van der Waals surface area contributed by atoms with Crippen LogP contribution in [0.2, 0.25) is 0 Å². The quantitative estimate of drug-likeness (QED) is 0.723. The molecule has 0 bridgehead atoms. The topological polar surface area (TPSA) is 57.6 Å². The highest BCUT2D eigenvalue weighted by Crippen LogP contribution is 2.32. The summed E-state index contributed by atoms with van der Waals surface area (Å²) in [6.07, 6.45) is 9.27. The predicted molar refractivity (Wildman–Crippen MR) is 74.9 cm³/mol. The Hall–Kier alpha value is -1.06. The first kappa shape index (κ1) is 16.0. The van der Waals surface area contributed by atoms with Crippen molar-refractivity contribution in [3.63, 3.8) is 0 Å². The lowest BCUT2D eigenvalue weighted by molar-refractivity contribution is -0.145. The smallest absolute Gasteiger partial charge is 0.323 e. The Morgan fingerprint density at radius 3 is 2.32 bits per heavy atom. The van der Waals surface area contributed by atoms with Crippen LogP contribution in [0, 0.1) is 11.8 Å². The minimum absolute atomic E-state index is 0.00871. The Balaban J connectivity index is 2.28. The molecular weight excluding hydrogens is 242 g/mol. The van der Waals surface area contributed by atoms with E-state index < -0.39 is 5.97 Å². The third-order valence-corrected chi connectivity index (χ3v) is 4.16. The van der Waals surface area contributed by atoms with Gasteiger partial charge >= 0.3 is 5.97 Å². The summed E-state index contributed by atoms with van der Waals surface area (Å²) in [6.45, 7) is 2.03. The summed E-state index contributed by atoms with van der Waals surface area (Å²) in [7, 11) is 1.59. The summed E-state index contributed by atoms with van der Waals surface area (Å²) in [5, 5.41) is 8.70. The van der Waals surface area contributed by atoms with Gasteiger partial charge in [-0.15, -0.1) is 0 Å². The van der Waals surface area contributed by atoms with Gasteiger partial charge in [0.15, 0.2) is 0 Å². The molecule has 0 atom stereocenters. The van der Waals surface area contributed by atoms with Crippen molar-refractivity contribution in [3.05, 3.63) is 0 Å². The lowest BCUT2D eigenvalue weighted by Gasteiger charge is -2.30. The number of carbonyl (C=O) groups excluding carboxylic acids is 1. The van der Waals surface area contributed by atoms with E-state index in [0.29, 0.717) is 0 Å². The average molecular weight is 269 g/mol. The molecule has 1 saturated carbocycles. The molecular formula is C15H27NO3. The van der Waals surface area contributed by atoms with E-state index in [-0.39, 0.29) is 18.4 Å². The van der Waals surface area contributed by atoms with Crippen molar-refractivity contribution in [1.29, 1.82) is 0 Å². The summed E-state index contributed by atoms with van der Waals surface area (Å²) in [4.78, 5) is 24.0. The summed E-state index contributed by atoms with van der Waals surface area (Å²) in [5.74, 6) is -0.106. The van der Waals surface area contributed by atoms with Gasteiger partial charge in [-0.2, -0.15) is 0 Å². The zero-order chi connectivity index (χ0) is 14.3. The lowest BCUT2D eigenvalue weighted by Crippen LogP contribution is -2.38. The van der Waals surface area contributed by atoms with Gasteiger partial charge in [0, 0.05) is 13.0 Å². The molecule has 4 nitrogen and oxygen atoms in total. The summed E-state index contributed by atoms with van der Waals surface area (Å²) < 4.78 is 0. The van der Waals surface area contributed by atoms with Crippen LogP contribution in [0.25, 0.3) is 0 Å². The number of unbranched alkanes of at least 4 members (excludes halogenated alkanes) is 2. The third-order valence-electron chi connectivity index (χ3n) is 4.16. The highest BCUT2D eigenvalue weighted by atomic mass is 16.4. The zero-order valence-corrected chi connectivity index (χ0v) is 12.2. The van der Waals surface area contributed by atoms with Crippen LogP contribution in [0.15, 0.2) is 0 Å². The van der Waals surface area contributed by atoms with Crippen molar-refractivity contribution in [2.75, 3.05) is 13.6 Å². The van der Waals surface area contributed by atoms with Gasteiger partial charge in [-0.05, 0) is 31.6 Å². The van der Waals surface area contributed by atoms with Crippen LogP contribution in [0.1, 0.15) is 58.3 Å². The van der Waals surface area contributed by atoms with Gasteiger partial charge in [0.25, 0.3) is 0 Å². The number of likely N-dealkylation sites (N-methyl/N-ethyl adjacent to an activating group) is 1. The molecule has 19 heavy (non-hydrogen) atoms. The molecule has 1 fully saturated rings. The molecule has 1 amide bonds. The molecule has 0 aromatic carbocycles. The Labute approximate surface area is 116 Å². The third kappa shape index (κ3) is 5.62. The van der Waals surface area contributed by atoms with Crippen LogP contribution < -0.4 is 0 Å². The molecule has 4 heteroatoms. The number of hydrogen-bond acceptors (Lipinski definition) is 2. The van der Waals surface area contributed by atoms with Gasteiger partial charge in [-0.1, -0.05) is 32.6 Å². The van der Waals surface area contributed by atoms with E-state index in [1.807, 2.05) is 0 Å². The van der Waals surface area contributed by atoms with Gasteiger partial charge in [0.05, 0.1) is 0 Å². The largest absolute Gasteiger partial charge is 0.480 e. The van der Waals surface area contributed by atoms with Gasteiger partial charge < -0.3 is 10.0 Å². The lowest BCUT2D eigenvalue weighted by atomic mass is 9.79. The van der Waals surface area contributed by atoms with Crippen molar-refractivity contribution < 1.29 is 14.7 Å². The summed E-state index contributed by atoms with van der Waals surface area (Å²) in [6, 6.07) is 0. The molecule has 1 N–H and O–H groups in total. The first-order valence-corrected chi connectivity index (χ1v) is 7.51. The van der Waals surface area contributed by atoms with Crippen molar-refractivity contribution in [1.82, 2.24) is 4.90 Å². The van der Waals surface area contributed by atoms with Gasteiger partial charge in [0.2, 0.25) is 5.91 Å². The second-order valence-electron chi connectivity index (χ2n) is 5.80. The molecule has 1 aliphatic carbocycles. The molecule has 0 unspecified atom stereocenters. The van der Waals surface area contributed by atoms with Crippen molar-refractivity contribution in [2.45, 2.75) is 58.3 Å². The average Bonchev–Trinajstić information content (AvgIpc) is 2.38. The molecule has 0 heterocycles. The summed E-state index contributed by atoms with van der Waals surface area (Å²) >= 11 is 0. The maximum absolute atomic E-state index is 12.1. The number of rotatable bonds is 7. The minimum Gasteiger partial charge on any atom is -0.480 e. The standard InChI is InChI=1S/C15H27NO3/c1-3-4-5-6-12-7-9-13(10-8-12)15(19)16(2)11-14(17)18/h12-13H,3-11H2,1-2H3,(H,17,18). The normalized spacial score (nSPS) is 23.1. The van der Waals surface area contributed by atoms with Crippen molar-refractivity contribution >= 4 is 11.9 Å². The molecule has 1 aliphatic rings. The van der Waals surface area contributed by atoms with Crippen LogP contribution in [0.3, 0.4) is 0 Å². The number of nitrogens with zero attached hydrogens (tertiary/aromatic N) is 1. The molecule has 0 saturated heterocycles. The van der Waals surface area contributed by atoms with Crippen LogP contribution >= 0.6 is 0 Å². The number of carbonyl (C=O) groups is 2. The monoisotopic (exact) mass is 269 g/mol. The minimum atomic E-state index is -0.941. The first-order valence-electron chi connectivity index (χ1n) is 7.51. The highest BCUT2D eigenvalue weighted by molar-refractivity contribution is 5.82. The van der Waals surface area contributed by atoms with Gasteiger partial charge in [0.1, 0.15) is 6.54 Å². The van der Waals surface area contributed by atoms with E-state index in [2.05, 4.69) is 6.92 Å². The molecule has 0 aromatic rings. The van der Waals surface area contributed by atoms with E-state index in [1.54, 1.807) is 7.05 Å². The maximum atomic E-state index is 12.1. The van der Waals surface area contributed by atoms with Gasteiger partial charge in [-0.25, -0.2) is 0 Å². The Morgan fingerprint density at radius 2 is 1.79 bits per heavy atom. The molecule has 0 aromatic heterocycles. The molecule has 0 radical (unpaired) electrons. The van der Waals surface area contributed by atoms with Crippen LogP contribution in [0.4, 0.5) is 0 Å². The van der Waals surface area contributed by atoms with Crippen molar-refractivity contribution in [2.24, 2.45) is 11.8 Å². The van der Waals surface area contributed by atoms with Crippen LogP contribution in [-0.4, -0.2) is 35.5 Å². The van der Waals surface area contributed by atoms with E-state index in [0.717, 1.165) is 31.6 Å². The number of carboxylic acids is 1. The van der Waals surface area contributed by atoms with E-state index in [9.17, 15) is 9.59 Å². The fraction of sp³-hybridized carbons (Fsp3) is 0.867. The molecule has 0 spiro atoms. The Bertz CT molecular complexity index is 296. The number of hydrogen-bond donors (Lipinski definition) is 1. The second kappa shape index (κ2) is 8.18. The summed E-state index contributed by atoms with van der Waals surface area (Å²) in [5.41, 5.74) is 0. The fourth-order valence-electron chi connectivity index (χ4n) is 2.97. The number of aliphatic carboxylic acids is 1. The second-order valence-corrected chi connectivity index (χ2v) is 5.80.